The summed E-state index contributed by atoms with van der Waals surface area (Å²) in [4.78, 5) is 1.57. The molecule has 0 aromatic carbocycles. The van der Waals surface area contributed by atoms with Crippen LogP contribution in [0.1, 0.15) is 42.7 Å². The fraction of sp³-hybridized carbons (Fsp3) is 0.538. The second-order valence-electron chi connectivity index (χ2n) is 4.35. The zero-order chi connectivity index (χ0) is 11.5. The van der Waals surface area contributed by atoms with Gasteiger partial charge >= 0.3 is 0 Å². The number of hydrogen-bond donors (Lipinski definition) is 1. The highest BCUT2D eigenvalue weighted by Gasteiger charge is 2.23. The minimum Gasteiger partial charge on any atom is -0.306 e. The molecule has 0 radical (unpaired) electrons. The van der Waals surface area contributed by atoms with Crippen molar-refractivity contribution in [3.63, 3.8) is 0 Å². The fourth-order valence-corrected chi connectivity index (χ4v) is 4.39. The molecule has 1 nitrogen and oxygen atoms in total. The molecular weight excluding hydrogens is 329 g/mol. The number of fused-ring (bicyclic) bond motifs is 1. The van der Waals surface area contributed by atoms with Crippen molar-refractivity contribution in [1.29, 1.82) is 0 Å². The van der Waals surface area contributed by atoms with Crippen molar-refractivity contribution in [1.82, 2.24) is 5.32 Å². The number of terminal acetylenes is 1. The lowest BCUT2D eigenvalue weighted by atomic mass is 9.93. The van der Waals surface area contributed by atoms with Gasteiger partial charge in [0, 0.05) is 23.4 Å². The standard InChI is InChI=1S/C13H16INS/c1-3-5-9(2)15-11-6-4-7-12-10(11)8-13(14)16-12/h1,8-9,11,15H,4-7H2,2H3. The highest BCUT2D eigenvalue weighted by molar-refractivity contribution is 14.1. The van der Waals surface area contributed by atoms with Crippen molar-refractivity contribution in [2.24, 2.45) is 0 Å². The van der Waals surface area contributed by atoms with Gasteiger partial charge in [0.05, 0.1) is 2.88 Å². The van der Waals surface area contributed by atoms with Crippen LogP contribution >= 0.6 is 33.9 Å². The topological polar surface area (TPSA) is 12.0 Å². The number of nitrogens with one attached hydrogen (secondary N) is 1. The van der Waals surface area contributed by atoms with Crippen LogP contribution in [-0.2, 0) is 6.42 Å². The van der Waals surface area contributed by atoms with Gasteiger partial charge in [-0.1, -0.05) is 0 Å². The van der Waals surface area contributed by atoms with E-state index in [1.54, 1.807) is 4.88 Å². The second kappa shape index (κ2) is 5.52. The van der Waals surface area contributed by atoms with E-state index < -0.39 is 0 Å². The summed E-state index contributed by atoms with van der Waals surface area (Å²) in [7, 11) is 0. The normalized spacial score (nSPS) is 21.2. The van der Waals surface area contributed by atoms with E-state index >= 15 is 0 Å². The van der Waals surface area contributed by atoms with E-state index in [4.69, 9.17) is 6.42 Å². The van der Waals surface area contributed by atoms with Crippen LogP contribution in [0.15, 0.2) is 6.07 Å². The number of rotatable bonds is 3. The zero-order valence-corrected chi connectivity index (χ0v) is 12.4. The maximum Gasteiger partial charge on any atom is 0.0659 e. The van der Waals surface area contributed by atoms with Crippen molar-refractivity contribution in [3.05, 3.63) is 19.4 Å². The van der Waals surface area contributed by atoms with E-state index in [0.717, 1.165) is 6.42 Å². The predicted octanol–water partition coefficient (Wildman–Crippen LogP) is 3.73. The van der Waals surface area contributed by atoms with Crippen molar-refractivity contribution in [3.8, 4) is 12.3 Å². The minimum absolute atomic E-state index is 0.415. The Labute approximate surface area is 115 Å². The maximum atomic E-state index is 5.34. The molecule has 1 N–H and O–H groups in total. The first-order valence-corrected chi connectivity index (χ1v) is 7.58. The molecule has 0 spiro atoms. The molecule has 16 heavy (non-hydrogen) atoms. The molecule has 1 aliphatic carbocycles. The van der Waals surface area contributed by atoms with E-state index in [2.05, 4.69) is 46.8 Å². The van der Waals surface area contributed by atoms with E-state index in [1.807, 2.05) is 11.3 Å². The molecule has 1 heterocycles. The summed E-state index contributed by atoms with van der Waals surface area (Å²) in [5.74, 6) is 2.72. The van der Waals surface area contributed by atoms with Crippen molar-refractivity contribution < 1.29 is 0 Å². The maximum absolute atomic E-state index is 5.34. The molecule has 0 amide bonds. The SMILES string of the molecule is C#CCC(C)NC1CCCc2sc(I)cc21. The van der Waals surface area contributed by atoms with Gasteiger partial charge in [-0.25, -0.2) is 0 Å². The Bertz CT molecular complexity index is 405. The summed E-state index contributed by atoms with van der Waals surface area (Å²) in [6, 6.07) is 3.27. The lowest BCUT2D eigenvalue weighted by molar-refractivity contribution is 0.415. The van der Waals surface area contributed by atoms with Crippen LogP contribution in [0.3, 0.4) is 0 Å². The molecule has 0 saturated carbocycles. The van der Waals surface area contributed by atoms with Gasteiger partial charge in [0.2, 0.25) is 0 Å². The van der Waals surface area contributed by atoms with E-state index in [0.29, 0.717) is 12.1 Å². The minimum atomic E-state index is 0.415. The van der Waals surface area contributed by atoms with Crippen molar-refractivity contribution >= 4 is 33.9 Å². The van der Waals surface area contributed by atoms with Gasteiger partial charge < -0.3 is 5.32 Å². The van der Waals surface area contributed by atoms with Crippen LogP contribution in [0, 0.1) is 15.2 Å². The van der Waals surface area contributed by atoms with Gasteiger partial charge in [-0.05, 0) is 60.4 Å². The Hall–Kier alpha value is -0.0500. The van der Waals surface area contributed by atoms with Crippen LogP contribution in [0.25, 0.3) is 0 Å². The number of thiophene rings is 1. The van der Waals surface area contributed by atoms with Gasteiger partial charge in [-0.15, -0.1) is 23.7 Å². The lowest BCUT2D eigenvalue weighted by Crippen LogP contribution is -2.31. The van der Waals surface area contributed by atoms with Gasteiger partial charge in [0.15, 0.2) is 0 Å². The fourth-order valence-electron chi connectivity index (χ4n) is 2.27. The van der Waals surface area contributed by atoms with Crippen LogP contribution < -0.4 is 5.32 Å². The molecule has 0 saturated heterocycles. The summed E-state index contributed by atoms with van der Waals surface area (Å²) in [5.41, 5.74) is 1.52. The summed E-state index contributed by atoms with van der Waals surface area (Å²) < 4.78 is 1.40. The summed E-state index contributed by atoms with van der Waals surface area (Å²) in [6.07, 6.45) is 9.95. The molecule has 2 rings (SSSR count). The second-order valence-corrected chi connectivity index (χ2v) is 7.38. The van der Waals surface area contributed by atoms with Crippen LogP contribution in [0.2, 0.25) is 0 Å². The van der Waals surface area contributed by atoms with Crippen LogP contribution in [0.4, 0.5) is 0 Å². The van der Waals surface area contributed by atoms with Crippen molar-refractivity contribution in [2.75, 3.05) is 0 Å². The van der Waals surface area contributed by atoms with Crippen LogP contribution in [0.5, 0.6) is 0 Å². The van der Waals surface area contributed by atoms with E-state index in [-0.39, 0.29) is 0 Å². The smallest absolute Gasteiger partial charge is 0.0659 e. The molecule has 1 aliphatic rings. The van der Waals surface area contributed by atoms with Crippen molar-refractivity contribution in [2.45, 2.75) is 44.7 Å². The third-order valence-electron chi connectivity index (χ3n) is 2.99. The number of hydrogen-bond acceptors (Lipinski definition) is 2. The summed E-state index contributed by atoms with van der Waals surface area (Å²) in [6.45, 7) is 2.17. The molecule has 86 valence electrons. The summed E-state index contributed by atoms with van der Waals surface area (Å²) >= 11 is 4.36. The van der Waals surface area contributed by atoms with Gasteiger partial charge in [0.1, 0.15) is 0 Å². The number of halogens is 1. The highest BCUT2D eigenvalue weighted by Crippen LogP contribution is 2.36. The average Bonchev–Trinajstić information content (AvgIpc) is 2.60. The van der Waals surface area contributed by atoms with Gasteiger partial charge in [-0.2, -0.15) is 0 Å². The molecule has 2 atom stereocenters. The predicted molar refractivity (Wildman–Crippen MR) is 78.8 cm³/mol. The first-order chi connectivity index (χ1) is 7.70. The Balaban J connectivity index is 2.10. The lowest BCUT2D eigenvalue weighted by Gasteiger charge is -2.26. The first-order valence-electron chi connectivity index (χ1n) is 5.68. The third-order valence-corrected chi connectivity index (χ3v) is 4.96. The molecule has 1 aromatic heterocycles. The largest absolute Gasteiger partial charge is 0.306 e. The molecule has 0 bridgehead atoms. The van der Waals surface area contributed by atoms with Crippen LogP contribution in [-0.4, -0.2) is 6.04 Å². The third kappa shape index (κ3) is 2.79. The molecule has 2 unspecified atom stereocenters. The monoisotopic (exact) mass is 345 g/mol. The molecular formula is C13H16INS. The highest BCUT2D eigenvalue weighted by atomic mass is 127. The van der Waals surface area contributed by atoms with Gasteiger partial charge in [0.25, 0.3) is 0 Å². The average molecular weight is 345 g/mol. The quantitative estimate of drug-likeness (QED) is 0.650. The Morgan fingerprint density at radius 3 is 3.31 bits per heavy atom. The van der Waals surface area contributed by atoms with E-state index in [9.17, 15) is 0 Å². The molecule has 1 aromatic rings. The molecule has 0 aliphatic heterocycles. The molecule has 0 fully saturated rings. The first kappa shape index (κ1) is 12.4. The van der Waals surface area contributed by atoms with E-state index in [1.165, 1.54) is 27.7 Å². The zero-order valence-electron chi connectivity index (χ0n) is 9.42. The Morgan fingerprint density at radius 1 is 1.75 bits per heavy atom. The summed E-state index contributed by atoms with van der Waals surface area (Å²) in [5, 5.41) is 3.65. The molecule has 3 heteroatoms. The van der Waals surface area contributed by atoms with Gasteiger partial charge in [-0.3, -0.25) is 0 Å². The Morgan fingerprint density at radius 2 is 2.56 bits per heavy atom. The Kier molecular flexibility index (Phi) is 4.28. The number of aryl methyl sites for hydroxylation is 1.